The van der Waals surface area contributed by atoms with Gasteiger partial charge in [-0.05, 0) is 44.0 Å². The number of aryl methyl sites for hydroxylation is 2. The number of amides is 1. The van der Waals surface area contributed by atoms with E-state index in [-0.39, 0.29) is 12.1 Å². The molecule has 144 valence electrons. The van der Waals surface area contributed by atoms with Crippen LogP contribution < -0.4 is 11.0 Å². The molecule has 3 rings (SSSR count). The number of hydrazone groups is 1. The van der Waals surface area contributed by atoms with Crippen LogP contribution in [0, 0.1) is 13.8 Å². The van der Waals surface area contributed by atoms with E-state index >= 15 is 0 Å². The van der Waals surface area contributed by atoms with E-state index in [4.69, 9.17) is 4.74 Å². The van der Waals surface area contributed by atoms with Crippen molar-refractivity contribution in [2.45, 2.75) is 27.3 Å². The number of carbonyl (C=O) groups is 1. The smallest absolute Gasteiger partial charge is 0.275 e. The molecule has 0 aliphatic rings. The summed E-state index contributed by atoms with van der Waals surface area (Å²) in [4.78, 5) is 24.9. The van der Waals surface area contributed by atoms with Gasteiger partial charge >= 0.3 is 0 Å². The van der Waals surface area contributed by atoms with Crippen molar-refractivity contribution >= 4 is 23.1 Å². The van der Waals surface area contributed by atoms with Crippen LogP contribution >= 0.6 is 0 Å². The Hall–Kier alpha value is -3.48. The summed E-state index contributed by atoms with van der Waals surface area (Å²) in [6.07, 6.45) is 1.15. The van der Waals surface area contributed by atoms with E-state index in [1.54, 1.807) is 19.1 Å². The van der Waals surface area contributed by atoms with Crippen molar-refractivity contribution in [2.75, 3.05) is 6.61 Å². The van der Waals surface area contributed by atoms with Gasteiger partial charge in [0.05, 0.1) is 17.7 Å². The summed E-state index contributed by atoms with van der Waals surface area (Å²) in [5.41, 5.74) is 5.85. The molecule has 1 N–H and O–H groups in total. The van der Waals surface area contributed by atoms with E-state index in [9.17, 15) is 9.59 Å². The van der Waals surface area contributed by atoms with Crippen LogP contribution in [0.2, 0.25) is 0 Å². The normalized spacial score (nSPS) is 11.1. The van der Waals surface area contributed by atoms with Gasteiger partial charge in [-0.15, -0.1) is 5.10 Å². The Morgan fingerprint density at radius 2 is 1.93 bits per heavy atom. The first-order valence-corrected chi connectivity index (χ1v) is 9.00. The highest BCUT2D eigenvalue weighted by Crippen LogP contribution is 2.26. The number of aromatic nitrogens is 2. The third kappa shape index (κ3) is 4.09. The molecule has 0 radical (unpaired) electrons. The lowest BCUT2D eigenvalue weighted by molar-refractivity contribution is -0.121. The molecule has 1 heterocycles. The zero-order valence-corrected chi connectivity index (χ0v) is 16.1. The second-order valence-electron chi connectivity index (χ2n) is 6.38. The zero-order valence-electron chi connectivity index (χ0n) is 16.1. The predicted molar refractivity (Wildman–Crippen MR) is 109 cm³/mol. The van der Waals surface area contributed by atoms with Crippen LogP contribution in [0.4, 0.5) is 0 Å². The number of nitrogens with one attached hydrogen (secondary N) is 1. The summed E-state index contributed by atoms with van der Waals surface area (Å²) in [7, 11) is 0. The van der Waals surface area contributed by atoms with Gasteiger partial charge in [0.2, 0.25) is 0 Å². The molecule has 0 saturated carbocycles. The van der Waals surface area contributed by atoms with Gasteiger partial charge in [0.25, 0.3) is 11.5 Å². The summed E-state index contributed by atoms with van der Waals surface area (Å²) >= 11 is 0. The minimum Gasteiger partial charge on any atom is -0.482 e. The van der Waals surface area contributed by atoms with E-state index in [0.29, 0.717) is 17.7 Å². The highest BCUT2D eigenvalue weighted by Gasteiger charge is 2.14. The SMILES string of the molecule is CCO/C=N/NC(=O)Cn1nc(-c2ccc(C)c(C)c2)c2ccccc2c1=O. The molecule has 0 atom stereocenters. The van der Waals surface area contributed by atoms with Gasteiger partial charge in [0.15, 0.2) is 6.40 Å². The average Bonchev–Trinajstić information content (AvgIpc) is 2.70. The number of ether oxygens (including phenoxy) is 1. The molecule has 7 heteroatoms. The molecule has 28 heavy (non-hydrogen) atoms. The topological polar surface area (TPSA) is 85.6 Å². The van der Waals surface area contributed by atoms with Crippen molar-refractivity contribution in [3.63, 3.8) is 0 Å². The lowest BCUT2D eigenvalue weighted by atomic mass is 10.0. The lowest BCUT2D eigenvalue weighted by Gasteiger charge is -2.12. The molecule has 0 aliphatic heterocycles. The first kappa shape index (κ1) is 19.3. The number of benzene rings is 2. The highest BCUT2D eigenvalue weighted by molar-refractivity contribution is 5.94. The monoisotopic (exact) mass is 378 g/mol. The van der Waals surface area contributed by atoms with Gasteiger partial charge in [0, 0.05) is 10.9 Å². The summed E-state index contributed by atoms with van der Waals surface area (Å²) < 4.78 is 6.09. The van der Waals surface area contributed by atoms with Gasteiger partial charge in [-0.2, -0.15) is 5.10 Å². The van der Waals surface area contributed by atoms with Crippen LogP contribution in [0.1, 0.15) is 18.1 Å². The minimum atomic E-state index is -0.466. The molecule has 2 aromatic carbocycles. The summed E-state index contributed by atoms with van der Waals surface area (Å²) in [5.74, 6) is -0.466. The maximum atomic E-state index is 12.8. The number of rotatable bonds is 6. The molecule has 3 aromatic rings. The number of nitrogens with zero attached hydrogens (tertiary/aromatic N) is 3. The number of carbonyl (C=O) groups excluding carboxylic acids is 1. The van der Waals surface area contributed by atoms with Crippen molar-refractivity contribution in [3.05, 3.63) is 63.9 Å². The Labute approximate surface area is 162 Å². The van der Waals surface area contributed by atoms with Gasteiger partial charge in [-0.25, -0.2) is 10.1 Å². The summed E-state index contributed by atoms with van der Waals surface area (Å²) in [6, 6.07) is 13.3. The molecule has 1 aromatic heterocycles. The molecule has 7 nitrogen and oxygen atoms in total. The predicted octanol–water partition coefficient (Wildman–Crippen LogP) is 2.78. The number of fused-ring (bicyclic) bond motifs is 1. The molecule has 0 fully saturated rings. The highest BCUT2D eigenvalue weighted by atomic mass is 16.5. The first-order valence-electron chi connectivity index (χ1n) is 9.00. The van der Waals surface area contributed by atoms with Crippen molar-refractivity contribution in [1.29, 1.82) is 0 Å². The molecule has 0 spiro atoms. The fraction of sp³-hybridized carbons (Fsp3) is 0.238. The molecular weight excluding hydrogens is 356 g/mol. The minimum absolute atomic E-state index is 0.245. The third-order valence-electron chi connectivity index (χ3n) is 4.42. The second kappa shape index (κ2) is 8.47. The summed E-state index contributed by atoms with van der Waals surface area (Å²) in [5, 5.41) is 9.41. The van der Waals surface area contributed by atoms with Crippen molar-refractivity contribution in [1.82, 2.24) is 15.2 Å². The Bertz CT molecular complexity index is 1100. The number of hydrogen-bond donors (Lipinski definition) is 1. The number of hydrogen-bond acceptors (Lipinski definition) is 5. The van der Waals surface area contributed by atoms with Crippen LogP contribution in [0.5, 0.6) is 0 Å². The van der Waals surface area contributed by atoms with Gasteiger partial charge < -0.3 is 4.74 Å². The third-order valence-corrected chi connectivity index (χ3v) is 4.42. The summed E-state index contributed by atoms with van der Waals surface area (Å²) in [6.45, 7) is 6.08. The molecule has 0 aliphatic carbocycles. The van der Waals surface area contributed by atoms with E-state index < -0.39 is 5.91 Å². The van der Waals surface area contributed by atoms with E-state index in [1.165, 1.54) is 10.2 Å². The fourth-order valence-electron chi connectivity index (χ4n) is 2.83. The van der Waals surface area contributed by atoms with Crippen molar-refractivity contribution < 1.29 is 9.53 Å². The maximum absolute atomic E-state index is 12.8. The molecule has 0 saturated heterocycles. The first-order chi connectivity index (χ1) is 13.5. The van der Waals surface area contributed by atoms with Crippen LogP contribution in [0.3, 0.4) is 0 Å². The second-order valence-corrected chi connectivity index (χ2v) is 6.38. The lowest BCUT2D eigenvalue weighted by Crippen LogP contribution is -2.32. The van der Waals surface area contributed by atoms with E-state index in [2.05, 4.69) is 15.6 Å². The van der Waals surface area contributed by atoms with Crippen LogP contribution in [-0.2, 0) is 16.1 Å². The zero-order chi connectivity index (χ0) is 20.1. The largest absolute Gasteiger partial charge is 0.482 e. The standard InChI is InChI=1S/C21H22N4O3/c1-4-28-13-22-23-19(26)12-25-21(27)18-8-6-5-7-17(18)20(24-25)16-10-9-14(2)15(3)11-16/h5-11,13H,4,12H2,1-3H3,(H,23,26)/b22-13+. The molecule has 1 amide bonds. The van der Waals surface area contributed by atoms with Gasteiger partial charge in [0.1, 0.15) is 6.54 Å². The molecular formula is C21H22N4O3. The van der Waals surface area contributed by atoms with Crippen LogP contribution in [0.25, 0.3) is 22.0 Å². The van der Waals surface area contributed by atoms with Crippen LogP contribution in [0.15, 0.2) is 52.4 Å². The van der Waals surface area contributed by atoms with E-state index in [0.717, 1.165) is 22.9 Å². The van der Waals surface area contributed by atoms with Gasteiger partial charge in [-0.3, -0.25) is 9.59 Å². The Kier molecular flexibility index (Phi) is 5.84. The van der Waals surface area contributed by atoms with E-state index in [1.807, 2.05) is 44.2 Å². The fourth-order valence-corrected chi connectivity index (χ4v) is 2.83. The van der Waals surface area contributed by atoms with Crippen LogP contribution in [-0.4, -0.2) is 28.7 Å². The van der Waals surface area contributed by atoms with Crippen molar-refractivity contribution in [2.24, 2.45) is 5.10 Å². The quantitative estimate of drug-likeness (QED) is 0.406. The molecule has 0 bridgehead atoms. The van der Waals surface area contributed by atoms with Gasteiger partial charge in [-0.1, -0.05) is 30.3 Å². The average molecular weight is 378 g/mol. The maximum Gasteiger partial charge on any atom is 0.275 e. The Balaban J connectivity index is 2.04. The Morgan fingerprint density at radius 3 is 2.64 bits per heavy atom. The Morgan fingerprint density at radius 1 is 1.18 bits per heavy atom. The molecule has 0 unspecified atom stereocenters. The van der Waals surface area contributed by atoms with Crippen molar-refractivity contribution in [3.8, 4) is 11.3 Å².